The molecule has 0 amide bonds. The highest BCUT2D eigenvalue weighted by molar-refractivity contribution is 6.29. The number of anilines is 1. The molecule has 0 aromatic carbocycles. The Morgan fingerprint density at radius 3 is 2.47 bits per heavy atom. The molecular formula is C11H10ClN5O2. The standard InChI is InChI=1S/C11H10ClN5O2/c1-16(7-8-2-3-10(12)13-4-8)11-14-5-9(6-15-11)17(18)19/h2-6H,7H2,1H3. The summed E-state index contributed by atoms with van der Waals surface area (Å²) in [6, 6.07) is 3.54. The van der Waals surface area contributed by atoms with E-state index in [4.69, 9.17) is 11.6 Å². The van der Waals surface area contributed by atoms with E-state index in [2.05, 4.69) is 15.0 Å². The number of halogens is 1. The van der Waals surface area contributed by atoms with Gasteiger partial charge in [-0.05, 0) is 11.6 Å². The van der Waals surface area contributed by atoms with Crippen molar-refractivity contribution in [2.24, 2.45) is 0 Å². The lowest BCUT2D eigenvalue weighted by atomic mass is 10.3. The van der Waals surface area contributed by atoms with E-state index in [9.17, 15) is 10.1 Å². The average Bonchev–Trinajstić information content (AvgIpc) is 2.41. The topological polar surface area (TPSA) is 85.0 Å². The van der Waals surface area contributed by atoms with Gasteiger partial charge in [0.1, 0.15) is 17.5 Å². The molecule has 0 aliphatic rings. The van der Waals surface area contributed by atoms with Crippen LogP contribution < -0.4 is 4.90 Å². The second kappa shape index (κ2) is 5.57. The molecule has 2 aromatic rings. The van der Waals surface area contributed by atoms with Gasteiger partial charge in [-0.3, -0.25) is 10.1 Å². The zero-order chi connectivity index (χ0) is 13.8. The lowest BCUT2D eigenvalue weighted by molar-refractivity contribution is -0.385. The van der Waals surface area contributed by atoms with Crippen molar-refractivity contribution >= 4 is 23.2 Å². The minimum absolute atomic E-state index is 0.134. The molecule has 2 rings (SSSR count). The van der Waals surface area contributed by atoms with Gasteiger partial charge in [-0.2, -0.15) is 0 Å². The molecule has 0 saturated heterocycles. The molecular weight excluding hydrogens is 270 g/mol. The minimum Gasteiger partial charge on any atom is -0.339 e. The summed E-state index contributed by atoms with van der Waals surface area (Å²) in [6.07, 6.45) is 4.02. The molecule has 0 aliphatic carbocycles. The Balaban J connectivity index is 2.09. The summed E-state index contributed by atoms with van der Waals surface area (Å²) in [5.41, 5.74) is 0.805. The fraction of sp³-hybridized carbons (Fsp3) is 0.182. The van der Waals surface area contributed by atoms with Gasteiger partial charge in [0.25, 0.3) is 0 Å². The Kier molecular flexibility index (Phi) is 3.86. The van der Waals surface area contributed by atoms with E-state index in [0.29, 0.717) is 17.6 Å². The van der Waals surface area contributed by atoms with Crippen molar-refractivity contribution in [3.8, 4) is 0 Å². The lowest BCUT2D eigenvalue weighted by Gasteiger charge is -2.16. The van der Waals surface area contributed by atoms with Crippen LogP contribution in [-0.4, -0.2) is 26.9 Å². The number of hydrogen-bond donors (Lipinski definition) is 0. The van der Waals surface area contributed by atoms with Gasteiger partial charge < -0.3 is 4.90 Å². The number of aromatic nitrogens is 3. The fourth-order valence-corrected chi connectivity index (χ4v) is 1.56. The molecule has 19 heavy (non-hydrogen) atoms. The van der Waals surface area contributed by atoms with Gasteiger partial charge in [-0.15, -0.1) is 0 Å². The Hall–Kier alpha value is -2.28. The zero-order valence-corrected chi connectivity index (χ0v) is 10.8. The summed E-state index contributed by atoms with van der Waals surface area (Å²) >= 11 is 5.70. The van der Waals surface area contributed by atoms with Crippen molar-refractivity contribution in [2.45, 2.75) is 6.54 Å². The van der Waals surface area contributed by atoms with Crippen LogP contribution in [0.3, 0.4) is 0 Å². The molecule has 0 spiro atoms. The molecule has 8 heteroatoms. The first kappa shape index (κ1) is 13.2. The Morgan fingerprint density at radius 1 is 1.26 bits per heavy atom. The molecule has 2 aromatic heterocycles. The molecule has 98 valence electrons. The number of rotatable bonds is 4. The van der Waals surface area contributed by atoms with E-state index in [1.807, 2.05) is 6.07 Å². The zero-order valence-electron chi connectivity index (χ0n) is 10.0. The summed E-state index contributed by atoms with van der Waals surface area (Å²) in [5.74, 6) is 0.403. The summed E-state index contributed by atoms with van der Waals surface area (Å²) in [7, 11) is 1.79. The van der Waals surface area contributed by atoms with Gasteiger partial charge in [0.05, 0.1) is 4.92 Å². The first-order valence-electron chi connectivity index (χ1n) is 5.34. The Morgan fingerprint density at radius 2 is 1.95 bits per heavy atom. The third-order valence-electron chi connectivity index (χ3n) is 2.39. The SMILES string of the molecule is CN(Cc1ccc(Cl)nc1)c1ncc([N+](=O)[O-])cn1. The Labute approximate surface area is 114 Å². The third kappa shape index (κ3) is 3.35. The van der Waals surface area contributed by atoms with Crippen LogP contribution in [-0.2, 0) is 6.54 Å². The summed E-state index contributed by atoms with van der Waals surface area (Å²) in [5, 5.41) is 10.9. The van der Waals surface area contributed by atoms with Crippen LogP contribution in [0.1, 0.15) is 5.56 Å². The van der Waals surface area contributed by atoms with Crippen LogP contribution in [0.2, 0.25) is 5.15 Å². The maximum Gasteiger partial charge on any atom is 0.305 e. The molecule has 0 N–H and O–H groups in total. The van der Waals surface area contributed by atoms with Gasteiger partial charge in [0.15, 0.2) is 0 Å². The minimum atomic E-state index is -0.535. The highest BCUT2D eigenvalue weighted by atomic mass is 35.5. The van der Waals surface area contributed by atoms with Crippen molar-refractivity contribution in [3.63, 3.8) is 0 Å². The predicted octanol–water partition coefficient (Wildman–Crippen LogP) is 2.07. The molecule has 0 atom stereocenters. The second-order valence-electron chi connectivity index (χ2n) is 3.84. The number of nitro groups is 1. The molecule has 0 radical (unpaired) electrons. The third-order valence-corrected chi connectivity index (χ3v) is 2.61. The first-order chi connectivity index (χ1) is 9.06. The van der Waals surface area contributed by atoms with Crippen LogP contribution in [0.4, 0.5) is 11.6 Å². The van der Waals surface area contributed by atoms with Crippen molar-refractivity contribution in [2.75, 3.05) is 11.9 Å². The molecule has 7 nitrogen and oxygen atoms in total. The van der Waals surface area contributed by atoms with Crippen LogP contribution in [0.5, 0.6) is 0 Å². The number of hydrogen-bond acceptors (Lipinski definition) is 6. The van der Waals surface area contributed by atoms with Crippen molar-refractivity contribution in [1.82, 2.24) is 15.0 Å². The smallest absolute Gasteiger partial charge is 0.305 e. The molecule has 0 aliphatic heterocycles. The highest BCUT2D eigenvalue weighted by Gasteiger charge is 2.10. The van der Waals surface area contributed by atoms with Crippen LogP contribution >= 0.6 is 11.6 Å². The first-order valence-corrected chi connectivity index (χ1v) is 5.72. The fourth-order valence-electron chi connectivity index (χ4n) is 1.45. The molecule has 0 unspecified atom stereocenters. The number of pyridine rings is 1. The maximum atomic E-state index is 10.5. The second-order valence-corrected chi connectivity index (χ2v) is 4.23. The summed E-state index contributed by atoms with van der Waals surface area (Å²) in [6.45, 7) is 0.530. The molecule has 0 bridgehead atoms. The van der Waals surface area contributed by atoms with E-state index in [1.165, 1.54) is 12.4 Å². The number of nitrogens with zero attached hydrogens (tertiary/aromatic N) is 5. The molecule has 0 saturated carbocycles. The average molecular weight is 280 g/mol. The van der Waals surface area contributed by atoms with Gasteiger partial charge in [-0.1, -0.05) is 17.7 Å². The van der Waals surface area contributed by atoms with E-state index < -0.39 is 4.92 Å². The quantitative estimate of drug-likeness (QED) is 0.484. The van der Waals surface area contributed by atoms with Gasteiger partial charge in [0, 0.05) is 19.8 Å². The van der Waals surface area contributed by atoms with E-state index in [0.717, 1.165) is 5.56 Å². The van der Waals surface area contributed by atoms with E-state index in [1.54, 1.807) is 24.2 Å². The van der Waals surface area contributed by atoms with Gasteiger partial charge in [0.2, 0.25) is 5.95 Å². The summed E-state index contributed by atoms with van der Waals surface area (Å²) in [4.78, 5) is 23.6. The maximum absolute atomic E-state index is 10.5. The van der Waals surface area contributed by atoms with Crippen LogP contribution in [0.15, 0.2) is 30.7 Å². The van der Waals surface area contributed by atoms with Crippen LogP contribution in [0.25, 0.3) is 0 Å². The van der Waals surface area contributed by atoms with E-state index >= 15 is 0 Å². The van der Waals surface area contributed by atoms with Gasteiger partial charge >= 0.3 is 5.69 Å². The normalized spacial score (nSPS) is 10.2. The molecule has 2 heterocycles. The monoisotopic (exact) mass is 279 g/mol. The van der Waals surface area contributed by atoms with Crippen molar-refractivity contribution < 1.29 is 4.92 Å². The summed E-state index contributed by atoms with van der Waals surface area (Å²) < 4.78 is 0. The highest BCUT2D eigenvalue weighted by Crippen LogP contribution is 2.13. The van der Waals surface area contributed by atoms with Crippen molar-refractivity contribution in [1.29, 1.82) is 0 Å². The van der Waals surface area contributed by atoms with E-state index in [-0.39, 0.29) is 5.69 Å². The Bertz CT molecular complexity index is 573. The molecule has 0 fully saturated rings. The van der Waals surface area contributed by atoms with Gasteiger partial charge in [-0.25, -0.2) is 15.0 Å². The lowest BCUT2D eigenvalue weighted by Crippen LogP contribution is -2.19. The van der Waals surface area contributed by atoms with Crippen LogP contribution in [0, 0.1) is 10.1 Å². The largest absolute Gasteiger partial charge is 0.339 e. The van der Waals surface area contributed by atoms with Crippen molar-refractivity contribution in [3.05, 3.63) is 51.6 Å². The predicted molar refractivity (Wildman–Crippen MR) is 70.0 cm³/mol.